The van der Waals surface area contributed by atoms with Crippen molar-refractivity contribution in [3.05, 3.63) is 65.2 Å². The largest absolute Gasteiger partial charge is 0.423 e. The van der Waals surface area contributed by atoms with Crippen LogP contribution in [0.5, 0.6) is 5.75 Å². The van der Waals surface area contributed by atoms with E-state index in [0.29, 0.717) is 16.5 Å². The van der Waals surface area contributed by atoms with Gasteiger partial charge in [0, 0.05) is 16.8 Å². The van der Waals surface area contributed by atoms with Crippen LogP contribution < -0.4 is 10.5 Å². The lowest BCUT2D eigenvalue weighted by Gasteiger charge is -2.01. The number of hydrogen-bond donors (Lipinski definition) is 1. The molecule has 0 aliphatic rings. The van der Waals surface area contributed by atoms with Crippen LogP contribution in [0.3, 0.4) is 0 Å². The third-order valence-electron chi connectivity index (χ3n) is 2.38. The number of nitrogens with two attached hydrogens (primary N) is 1. The van der Waals surface area contributed by atoms with Crippen molar-refractivity contribution in [3.8, 4) is 5.75 Å². The fourth-order valence-corrected chi connectivity index (χ4v) is 1.55. The molecule has 2 rings (SSSR count). The third-order valence-corrected chi connectivity index (χ3v) is 2.63. The zero-order chi connectivity index (χ0) is 13.7. The second-order valence-corrected chi connectivity index (χ2v) is 4.31. The molecule has 0 aromatic heterocycles. The zero-order valence-corrected chi connectivity index (χ0v) is 10.8. The van der Waals surface area contributed by atoms with Gasteiger partial charge in [0.05, 0.1) is 0 Å². The second-order valence-electron chi connectivity index (χ2n) is 3.88. The first-order valence-corrected chi connectivity index (χ1v) is 6.02. The number of anilines is 1. The number of ether oxygens (including phenoxy) is 1. The van der Waals surface area contributed by atoms with Crippen LogP contribution in [0, 0.1) is 0 Å². The molecule has 2 aromatic carbocycles. The van der Waals surface area contributed by atoms with Crippen molar-refractivity contribution < 1.29 is 9.53 Å². The van der Waals surface area contributed by atoms with Crippen molar-refractivity contribution >= 4 is 29.3 Å². The van der Waals surface area contributed by atoms with Crippen LogP contribution in [0.1, 0.15) is 5.56 Å². The highest BCUT2D eigenvalue weighted by molar-refractivity contribution is 6.30. The molecule has 2 N–H and O–H groups in total. The van der Waals surface area contributed by atoms with Crippen LogP contribution in [0.25, 0.3) is 6.08 Å². The van der Waals surface area contributed by atoms with Crippen molar-refractivity contribution in [1.29, 1.82) is 0 Å². The van der Waals surface area contributed by atoms with Crippen molar-refractivity contribution in [2.45, 2.75) is 0 Å². The summed E-state index contributed by atoms with van der Waals surface area (Å²) in [5.74, 6) is 0.0136. The summed E-state index contributed by atoms with van der Waals surface area (Å²) in [7, 11) is 0. The molecule has 0 atom stereocenters. The van der Waals surface area contributed by atoms with E-state index in [-0.39, 0.29) is 0 Å². The topological polar surface area (TPSA) is 52.3 Å². The van der Waals surface area contributed by atoms with Gasteiger partial charge in [-0.15, -0.1) is 0 Å². The average Bonchev–Trinajstić information content (AvgIpc) is 2.41. The molecule has 0 amide bonds. The van der Waals surface area contributed by atoms with E-state index in [4.69, 9.17) is 22.1 Å². The van der Waals surface area contributed by atoms with Crippen LogP contribution >= 0.6 is 11.6 Å². The molecule has 0 fully saturated rings. The molecular formula is C15H12ClNO2. The van der Waals surface area contributed by atoms with E-state index in [0.717, 1.165) is 5.56 Å². The molecule has 0 heterocycles. The fourth-order valence-electron chi connectivity index (χ4n) is 1.42. The molecule has 0 saturated carbocycles. The monoisotopic (exact) mass is 273 g/mol. The average molecular weight is 274 g/mol. The lowest BCUT2D eigenvalue weighted by Crippen LogP contribution is -2.03. The van der Waals surface area contributed by atoms with E-state index in [1.807, 2.05) is 12.1 Å². The summed E-state index contributed by atoms with van der Waals surface area (Å²) in [4.78, 5) is 11.6. The number of esters is 1. The predicted molar refractivity (Wildman–Crippen MR) is 77.0 cm³/mol. The molecule has 96 valence electrons. The molecule has 0 aliphatic heterocycles. The van der Waals surface area contributed by atoms with Gasteiger partial charge in [-0.25, -0.2) is 4.79 Å². The maximum absolute atomic E-state index is 11.6. The molecule has 0 spiro atoms. The molecule has 0 radical (unpaired) electrons. The predicted octanol–water partition coefficient (Wildman–Crippen LogP) is 3.54. The molecule has 3 nitrogen and oxygen atoms in total. The summed E-state index contributed by atoms with van der Waals surface area (Å²) >= 11 is 5.77. The molecule has 2 aromatic rings. The van der Waals surface area contributed by atoms with Gasteiger partial charge in [0.25, 0.3) is 0 Å². The number of hydrogen-bond acceptors (Lipinski definition) is 3. The Balaban J connectivity index is 1.97. The van der Waals surface area contributed by atoms with Crippen LogP contribution in [0.2, 0.25) is 5.02 Å². The Labute approximate surface area is 116 Å². The number of halogens is 1. The van der Waals surface area contributed by atoms with Gasteiger partial charge in [0.15, 0.2) is 0 Å². The van der Waals surface area contributed by atoms with Crippen molar-refractivity contribution in [2.24, 2.45) is 0 Å². The molecule has 4 heteroatoms. The van der Waals surface area contributed by atoms with Gasteiger partial charge in [-0.3, -0.25) is 0 Å². The van der Waals surface area contributed by atoms with Crippen LogP contribution in [-0.4, -0.2) is 5.97 Å². The van der Waals surface area contributed by atoms with Crippen molar-refractivity contribution in [2.75, 3.05) is 5.73 Å². The number of carbonyl (C=O) groups is 1. The maximum atomic E-state index is 11.6. The van der Waals surface area contributed by atoms with Gasteiger partial charge in [-0.1, -0.05) is 23.7 Å². The summed E-state index contributed by atoms with van der Waals surface area (Å²) in [5.41, 5.74) is 7.03. The van der Waals surface area contributed by atoms with Gasteiger partial charge < -0.3 is 10.5 Å². The standard InChI is InChI=1S/C15H12ClNO2/c16-12-4-1-11(2-5-12)3-10-15(18)19-14-8-6-13(17)7-9-14/h1-10H,17H2. The highest BCUT2D eigenvalue weighted by Crippen LogP contribution is 2.14. The first kappa shape index (κ1) is 13.2. The van der Waals surface area contributed by atoms with E-state index in [1.54, 1.807) is 42.5 Å². The van der Waals surface area contributed by atoms with Crippen LogP contribution in [-0.2, 0) is 4.79 Å². The highest BCUT2D eigenvalue weighted by Gasteiger charge is 1.99. The normalized spacial score (nSPS) is 10.6. The number of benzene rings is 2. The summed E-state index contributed by atoms with van der Waals surface area (Å²) in [6, 6.07) is 13.8. The molecule has 0 aliphatic carbocycles. The Morgan fingerprint density at radius 1 is 1.05 bits per heavy atom. The Hall–Kier alpha value is -2.26. The minimum Gasteiger partial charge on any atom is -0.423 e. The Morgan fingerprint density at radius 3 is 2.32 bits per heavy atom. The van der Waals surface area contributed by atoms with Crippen LogP contribution in [0.15, 0.2) is 54.6 Å². The minimum absolute atomic E-state index is 0.445. The van der Waals surface area contributed by atoms with Gasteiger partial charge in [0.1, 0.15) is 5.75 Å². The van der Waals surface area contributed by atoms with Crippen LogP contribution in [0.4, 0.5) is 5.69 Å². The summed E-state index contributed by atoms with van der Waals surface area (Å²) in [6.45, 7) is 0. The Morgan fingerprint density at radius 2 is 1.68 bits per heavy atom. The summed E-state index contributed by atoms with van der Waals surface area (Å²) in [5, 5.41) is 0.654. The Kier molecular flexibility index (Phi) is 4.21. The lowest BCUT2D eigenvalue weighted by atomic mass is 10.2. The van der Waals surface area contributed by atoms with E-state index in [9.17, 15) is 4.79 Å². The SMILES string of the molecule is Nc1ccc(OC(=O)C=Cc2ccc(Cl)cc2)cc1. The Bertz CT molecular complexity index is 589. The van der Waals surface area contributed by atoms with Gasteiger partial charge >= 0.3 is 5.97 Å². The van der Waals surface area contributed by atoms with E-state index in [2.05, 4.69) is 0 Å². The number of carbonyl (C=O) groups excluding carboxylic acids is 1. The minimum atomic E-state index is -0.445. The molecule has 19 heavy (non-hydrogen) atoms. The number of nitrogen functional groups attached to an aromatic ring is 1. The third kappa shape index (κ3) is 4.16. The quantitative estimate of drug-likeness (QED) is 0.403. The van der Waals surface area contributed by atoms with E-state index in [1.165, 1.54) is 6.08 Å². The first-order chi connectivity index (χ1) is 9.13. The smallest absolute Gasteiger partial charge is 0.336 e. The van der Waals surface area contributed by atoms with Gasteiger partial charge in [-0.2, -0.15) is 0 Å². The van der Waals surface area contributed by atoms with E-state index >= 15 is 0 Å². The first-order valence-electron chi connectivity index (χ1n) is 5.64. The molecule has 0 bridgehead atoms. The zero-order valence-electron chi connectivity index (χ0n) is 10.0. The maximum Gasteiger partial charge on any atom is 0.336 e. The number of rotatable bonds is 3. The van der Waals surface area contributed by atoms with Gasteiger partial charge in [0.2, 0.25) is 0 Å². The van der Waals surface area contributed by atoms with Crippen molar-refractivity contribution in [3.63, 3.8) is 0 Å². The summed E-state index contributed by atoms with van der Waals surface area (Å²) < 4.78 is 5.11. The lowest BCUT2D eigenvalue weighted by molar-refractivity contribution is -0.128. The van der Waals surface area contributed by atoms with E-state index < -0.39 is 5.97 Å². The van der Waals surface area contributed by atoms with Crippen molar-refractivity contribution in [1.82, 2.24) is 0 Å². The summed E-state index contributed by atoms with van der Waals surface area (Å²) in [6.07, 6.45) is 3.02. The molecule has 0 saturated heterocycles. The highest BCUT2D eigenvalue weighted by atomic mass is 35.5. The fraction of sp³-hybridized carbons (Fsp3) is 0. The van der Waals surface area contributed by atoms with Gasteiger partial charge in [-0.05, 0) is 48.0 Å². The molecular weight excluding hydrogens is 262 g/mol. The molecule has 0 unspecified atom stereocenters. The second kappa shape index (κ2) is 6.07.